The molecule has 0 bridgehead atoms. The SMILES string of the molecule is Cc1sc(=O)n(CCC(=O)NC(C)(CN)CC(C)C)c1C.Cl. The number of aromatic nitrogens is 1. The molecule has 0 aliphatic heterocycles. The van der Waals surface area contributed by atoms with Crippen LogP contribution in [0.4, 0.5) is 0 Å². The summed E-state index contributed by atoms with van der Waals surface area (Å²) in [6, 6.07) is 0. The third-order valence-corrected chi connectivity index (χ3v) is 4.68. The van der Waals surface area contributed by atoms with Gasteiger partial charge in [0.25, 0.3) is 0 Å². The Morgan fingerprint density at radius 3 is 2.41 bits per heavy atom. The summed E-state index contributed by atoms with van der Waals surface area (Å²) >= 11 is 1.23. The first-order valence-corrected chi connectivity index (χ1v) is 8.18. The van der Waals surface area contributed by atoms with E-state index in [-0.39, 0.29) is 28.7 Å². The number of nitrogens with one attached hydrogen (secondary N) is 1. The lowest BCUT2D eigenvalue weighted by molar-refractivity contribution is -0.123. The minimum absolute atomic E-state index is 0. The van der Waals surface area contributed by atoms with Crippen LogP contribution in [0, 0.1) is 19.8 Å². The number of nitrogens with zero attached hydrogens (tertiary/aromatic N) is 1. The van der Waals surface area contributed by atoms with Gasteiger partial charge in [0.05, 0.1) is 0 Å². The first kappa shape index (κ1) is 21.1. The number of carbonyl (C=O) groups excluding carboxylic acids is 1. The molecule has 0 saturated carbocycles. The molecule has 0 aliphatic carbocycles. The molecule has 1 rings (SSSR count). The maximum Gasteiger partial charge on any atom is 0.307 e. The van der Waals surface area contributed by atoms with E-state index in [1.165, 1.54) is 11.3 Å². The topological polar surface area (TPSA) is 77.1 Å². The molecule has 0 saturated heterocycles. The molecule has 0 aliphatic rings. The molecule has 1 atom stereocenters. The minimum atomic E-state index is -0.379. The van der Waals surface area contributed by atoms with Crippen LogP contribution in [0.3, 0.4) is 0 Å². The Morgan fingerprint density at radius 2 is 2.00 bits per heavy atom. The molecule has 1 unspecified atom stereocenters. The average molecular weight is 350 g/mol. The van der Waals surface area contributed by atoms with E-state index >= 15 is 0 Å². The molecule has 3 N–H and O–H groups in total. The van der Waals surface area contributed by atoms with Gasteiger partial charge in [-0.2, -0.15) is 0 Å². The Kier molecular flexibility index (Phi) is 8.36. The first-order chi connectivity index (χ1) is 9.68. The van der Waals surface area contributed by atoms with Crippen molar-refractivity contribution in [3.05, 3.63) is 20.2 Å². The zero-order valence-electron chi connectivity index (χ0n) is 14.1. The fourth-order valence-corrected chi connectivity index (χ4v) is 3.40. The molecule has 0 radical (unpaired) electrons. The summed E-state index contributed by atoms with van der Waals surface area (Å²) in [6.45, 7) is 10.8. The largest absolute Gasteiger partial charge is 0.350 e. The summed E-state index contributed by atoms with van der Waals surface area (Å²) in [4.78, 5) is 24.9. The number of halogens is 1. The molecule has 128 valence electrons. The van der Waals surface area contributed by atoms with Crippen molar-refractivity contribution in [2.24, 2.45) is 11.7 Å². The molecule has 7 heteroatoms. The highest BCUT2D eigenvalue weighted by Crippen LogP contribution is 2.15. The Hall–Kier alpha value is -0.850. The van der Waals surface area contributed by atoms with Crippen LogP contribution in [0.25, 0.3) is 0 Å². The zero-order valence-corrected chi connectivity index (χ0v) is 15.7. The molecule has 0 spiro atoms. The lowest BCUT2D eigenvalue weighted by Gasteiger charge is -2.31. The van der Waals surface area contributed by atoms with Crippen molar-refractivity contribution in [3.8, 4) is 0 Å². The highest BCUT2D eigenvalue weighted by Gasteiger charge is 2.25. The van der Waals surface area contributed by atoms with E-state index in [9.17, 15) is 9.59 Å². The minimum Gasteiger partial charge on any atom is -0.350 e. The van der Waals surface area contributed by atoms with Crippen LogP contribution < -0.4 is 15.9 Å². The van der Waals surface area contributed by atoms with Gasteiger partial charge in [0.15, 0.2) is 0 Å². The summed E-state index contributed by atoms with van der Waals surface area (Å²) in [7, 11) is 0. The lowest BCUT2D eigenvalue weighted by Crippen LogP contribution is -2.52. The number of carbonyl (C=O) groups is 1. The fourth-order valence-electron chi connectivity index (χ4n) is 2.54. The van der Waals surface area contributed by atoms with Crippen molar-refractivity contribution in [1.29, 1.82) is 0 Å². The van der Waals surface area contributed by atoms with E-state index in [0.29, 0.717) is 25.4 Å². The molecule has 5 nitrogen and oxygen atoms in total. The van der Waals surface area contributed by atoms with Crippen LogP contribution >= 0.6 is 23.7 Å². The molecule has 0 fully saturated rings. The van der Waals surface area contributed by atoms with Crippen LogP contribution in [0.1, 0.15) is 44.2 Å². The molecule has 1 aromatic heterocycles. The molecule has 22 heavy (non-hydrogen) atoms. The highest BCUT2D eigenvalue weighted by atomic mass is 35.5. The number of nitrogens with two attached hydrogens (primary N) is 1. The van der Waals surface area contributed by atoms with Gasteiger partial charge in [0, 0.05) is 35.6 Å². The number of rotatable bonds is 7. The van der Waals surface area contributed by atoms with Gasteiger partial charge in [0.2, 0.25) is 5.91 Å². The normalized spacial score (nSPS) is 13.6. The van der Waals surface area contributed by atoms with E-state index in [0.717, 1.165) is 17.0 Å². The molecule has 0 aromatic carbocycles. The van der Waals surface area contributed by atoms with Crippen LogP contribution in [0.15, 0.2) is 4.79 Å². The van der Waals surface area contributed by atoms with Crippen molar-refractivity contribution in [2.45, 2.75) is 59.5 Å². The molecular weight excluding hydrogens is 322 g/mol. The number of aryl methyl sites for hydroxylation is 1. The number of hydrogen-bond donors (Lipinski definition) is 2. The van der Waals surface area contributed by atoms with Gasteiger partial charge in [-0.25, -0.2) is 0 Å². The summed E-state index contributed by atoms with van der Waals surface area (Å²) < 4.78 is 1.67. The number of hydrogen-bond acceptors (Lipinski definition) is 4. The predicted octanol–water partition coefficient (Wildman–Crippen LogP) is 2.22. The second-order valence-corrected chi connectivity index (χ2v) is 7.49. The van der Waals surface area contributed by atoms with E-state index in [2.05, 4.69) is 19.2 Å². The van der Waals surface area contributed by atoms with Crippen LogP contribution in [0.5, 0.6) is 0 Å². The second-order valence-electron chi connectivity index (χ2n) is 6.32. The van der Waals surface area contributed by atoms with Gasteiger partial charge in [-0.1, -0.05) is 25.2 Å². The highest BCUT2D eigenvalue weighted by molar-refractivity contribution is 7.09. The van der Waals surface area contributed by atoms with Crippen molar-refractivity contribution >= 4 is 29.7 Å². The Balaban J connectivity index is 0.00000441. The smallest absolute Gasteiger partial charge is 0.307 e. The summed E-state index contributed by atoms with van der Waals surface area (Å²) in [6.07, 6.45) is 1.14. The van der Waals surface area contributed by atoms with Crippen molar-refractivity contribution < 1.29 is 4.79 Å². The Labute approximate surface area is 142 Å². The maximum absolute atomic E-state index is 12.1. The maximum atomic E-state index is 12.1. The quantitative estimate of drug-likeness (QED) is 0.792. The first-order valence-electron chi connectivity index (χ1n) is 7.36. The van der Waals surface area contributed by atoms with Gasteiger partial charge in [-0.3, -0.25) is 9.59 Å². The van der Waals surface area contributed by atoms with Crippen LogP contribution in [0.2, 0.25) is 0 Å². The van der Waals surface area contributed by atoms with E-state index < -0.39 is 0 Å². The predicted molar refractivity (Wildman–Crippen MR) is 95.0 cm³/mol. The monoisotopic (exact) mass is 349 g/mol. The Morgan fingerprint density at radius 1 is 1.41 bits per heavy atom. The summed E-state index contributed by atoms with van der Waals surface area (Å²) in [5.41, 5.74) is 6.36. The van der Waals surface area contributed by atoms with E-state index in [1.807, 2.05) is 20.8 Å². The van der Waals surface area contributed by atoms with Gasteiger partial charge < -0.3 is 15.6 Å². The van der Waals surface area contributed by atoms with Crippen LogP contribution in [-0.4, -0.2) is 22.6 Å². The Bertz CT molecular complexity index is 553. The number of thiazole rings is 1. The summed E-state index contributed by atoms with van der Waals surface area (Å²) in [5, 5.41) is 3.01. The van der Waals surface area contributed by atoms with E-state index in [1.54, 1.807) is 4.57 Å². The van der Waals surface area contributed by atoms with Gasteiger partial charge in [-0.05, 0) is 33.1 Å². The van der Waals surface area contributed by atoms with Gasteiger partial charge in [0.1, 0.15) is 0 Å². The van der Waals surface area contributed by atoms with Gasteiger partial charge in [-0.15, -0.1) is 12.4 Å². The van der Waals surface area contributed by atoms with E-state index in [4.69, 9.17) is 5.73 Å². The van der Waals surface area contributed by atoms with Crippen molar-refractivity contribution in [2.75, 3.05) is 6.54 Å². The molecule has 1 amide bonds. The average Bonchev–Trinajstić information content (AvgIpc) is 2.60. The lowest BCUT2D eigenvalue weighted by atomic mass is 9.90. The zero-order chi connectivity index (χ0) is 16.2. The van der Waals surface area contributed by atoms with Crippen LogP contribution in [-0.2, 0) is 11.3 Å². The van der Waals surface area contributed by atoms with Crippen molar-refractivity contribution in [3.63, 3.8) is 0 Å². The molecule has 1 aromatic rings. The fraction of sp³-hybridized carbons (Fsp3) is 0.733. The second kappa shape index (κ2) is 8.70. The molecular formula is C15H28ClN3O2S. The van der Waals surface area contributed by atoms with Gasteiger partial charge >= 0.3 is 4.87 Å². The standard InChI is InChI=1S/C15H27N3O2S.ClH/c1-10(2)8-15(5,9-16)17-13(19)6-7-18-11(3)12(4)21-14(18)20;/h10H,6-9,16H2,1-5H3,(H,17,19);1H. The molecule has 1 heterocycles. The number of amides is 1. The third kappa shape index (κ3) is 5.74. The summed E-state index contributed by atoms with van der Waals surface area (Å²) in [5.74, 6) is 0.405. The third-order valence-electron chi connectivity index (χ3n) is 3.69. The van der Waals surface area contributed by atoms with Crippen molar-refractivity contribution in [1.82, 2.24) is 9.88 Å².